The van der Waals surface area contributed by atoms with Crippen molar-refractivity contribution in [2.75, 3.05) is 5.32 Å². The highest BCUT2D eigenvalue weighted by Crippen LogP contribution is 2.22. The molecule has 0 amide bonds. The number of carbonyl (C=O) groups excluding carboxylic acids is 1. The molecule has 0 saturated heterocycles. The molecule has 0 atom stereocenters. The maximum Gasteiger partial charge on any atom is 0.193 e. The molecule has 0 spiro atoms. The molecule has 6 heteroatoms. The number of rotatable bonds is 7. The van der Waals surface area contributed by atoms with Crippen LogP contribution in [0, 0.1) is 6.92 Å². The number of anilines is 1. The van der Waals surface area contributed by atoms with Crippen LogP contribution < -0.4 is 5.32 Å². The summed E-state index contributed by atoms with van der Waals surface area (Å²) < 4.78 is 0. The van der Waals surface area contributed by atoms with Crippen LogP contribution in [0.2, 0.25) is 0 Å². The summed E-state index contributed by atoms with van der Waals surface area (Å²) >= 11 is 1.66. The van der Waals surface area contributed by atoms with Crippen LogP contribution in [0.5, 0.6) is 0 Å². The van der Waals surface area contributed by atoms with Crippen LogP contribution in [0.3, 0.4) is 0 Å². The molecule has 0 bridgehead atoms. The Labute approximate surface area is 195 Å². The highest BCUT2D eigenvalue weighted by molar-refractivity contribution is 7.11. The number of hydrogen-bond acceptors (Lipinski definition) is 5. The number of benzene rings is 3. The molecule has 0 saturated carbocycles. The van der Waals surface area contributed by atoms with E-state index in [-0.39, 0.29) is 5.78 Å². The van der Waals surface area contributed by atoms with Gasteiger partial charge >= 0.3 is 0 Å². The SMILES string of the molecule is Cc1cnc(CNc2cccc(C(=O)c3ccc4c(C=Cc5ccccc5)n[nH]c4c3)c2)s1. The van der Waals surface area contributed by atoms with Gasteiger partial charge in [-0.25, -0.2) is 4.98 Å². The fraction of sp³-hybridized carbons (Fsp3) is 0.0741. The summed E-state index contributed by atoms with van der Waals surface area (Å²) in [6.45, 7) is 2.68. The molecule has 0 radical (unpaired) electrons. The van der Waals surface area contributed by atoms with Crippen molar-refractivity contribution < 1.29 is 4.79 Å². The van der Waals surface area contributed by atoms with Crippen molar-refractivity contribution >= 4 is 45.9 Å². The fourth-order valence-electron chi connectivity index (χ4n) is 3.65. The van der Waals surface area contributed by atoms with Crippen molar-refractivity contribution in [2.24, 2.45) is 0 Å². The molecule has 0 unspecified atom stereocenters. The van der Waals surface area contributed by atoms with Crippen molar-refractivity contribution in [1.82, 2.24) is 15.2 Å². The molecule has 0 aliphatic heterocycles. The number of fused-ring (bicyclic) bond motifs is 1. The third-order valence-corrected chi connectivity index (χ3v) is 6.24. The zero-order valence-corrected chi connectivity index (χ0v) is 18.9. The average molecular weight is 451 g/mol. The van der Waals surface area contributed by atoms with Gasteiger partial charge in [-0.2, -0.15) is 5.10 Å². The van der Waals surface area contributed by atoms with Crippen LogP contribution in [0.4, 0.5) is 5.69 Å². The number of hydrogen-bond donors (Lipinski definition) is 2. The molecule has 2 N–H and O–H groups in total. The predicted octanol–water partition coefficient (Wildman–Crippen LogP) is 6.34. The van der Waals surface area contributed by atoms with E-state index in [1.807, 2.05) is 98.1 Å². The second-order valence-electron chi connectivity index (χ2n) is 7.74. The van der Waals surface area contributed by atoms with Gasteiger partial charge in [-0.05, 0) is 42.8 Å². The van der Waals surface area contributed by atoms with Gasteiger partial charge in [0, 0.05) is 33.3 Å². The molecular weight excluding hydrogens is 428 g/mol. The van der Waals surface area contributed by atoms with Crippen LogP contribution in [0.15, 0.2) is 79.0 Å². The molecule has 2 aromatic heterocycles. The standard InChI is InChI=1S/C27H22N4OS/c1-18-16-29-26(33-18)17-28-22-9-5-8-20(14-22)27(32)21-11-12-23-24(30-31-25(23)15-21)13-10-19-6-3-2-4-7-19/h2-16,28H,17H2,1H3,(H,30,31). The van der Waals surface area contributed by atoms with Crippen molar-refractivity contribution in [3.05, 3.63) is 111 Å². The number of nitrogens with zero attached hydrogens (tertiary/aromatic N) is 2. The Morgan fingerprint density at radius 3 is 2.67 bits per heavy atom. The van der Waals surface area contributed by atoms with Gasteiger partial charge in [-0.3, -0.25) is 9.89 Å². The van der Waals surface area contributed by atoms with E-state index in [0.29, 0.717) is 17.7 Å². The van der Waals surface area contributed by atoms with Crippen LogP contribution in [-0.2, 0) is 6.54 Å². The quantitative estimate of drug-likeness (QED) is 0.284. The largest absolute Gasteiger partial charge is 0.379 e. The highest BCUT2D eigenvalue weighted by atomic mass is 32.1. The van der Waals surface area contributed by atoms with E-state index in [4.69, 9.17) is 0 Å². The summed E-state index contributed by atoms with van der Waals surface area (Å²) in [5.41, 5.74) is 4.94. The van der Waals surface area contributed by atoms with Crippen molar-refractivity contribution in [3.63, 3.8) is 0 Å². The Hall–Kier alpha value is -4.03. The van der Waals surface area contributed by atoms with E-state index in [1.165, 1.54) is 4.88 Å². The molecule has 0 fully saturated rings. The predicted molar refractivity (Wildman–Crippen MR) is 136 cm³/mol. The first-order valence-electron chi connectivity index (χ1n) is 10.7. The van der Waals surface area contributed by atoms with Crippen LogP contribution in [-0.4, -0.2) is 21.0 Å². The van der Waals surface area contributed by atoms with Gasteiger partial charge in [0.1, 0.15) is 5.01 Å². The molecule has 5 nitrogen and oxygen atoms in total. The number of aromatic amines is 1. The summed E-state index contributed by atoms with van der Waals surface area (Å²) in [5.74, 6) is -0.0263. The summed E-state index contributed by atoms with van der Waals surface area (Å²) in [4.78, 5) is 18.7. The van der Waals surface area contributed by atoms with Crippen LogP contribution >= 0.6 is 11.3 Å². The van der Waals surface area contributed by atoms with E-state index < -0.39 is 0 Å². The molecule has 3 aromatic carbocycles. The van der Waals surface area contributed by atoms with Gasteiger partial charge in [0.05, 0.1) is 17.8 Å². The molecular formula is C27H22N4OS. The van der Waals surface area contributed by atoms with Gasteiger partial charge in [0.25, 0.3) is 0 Å². The normalized spacial score (nSPS) is 11.3. The molecule has 162 valence electrons. The smallest absolute Gasteiger partial charge is 0.193 e. The molecule has 0 aliphatic rings. The molecule has 33 heavy (non-hydrogen) atoms. The zero-order chi connectivity index (χ0) is 22.6. The first-order chi connectivity index (χ1) is 16.2. The van der Waals surface area contributed by atoms with Crippen LogP contribution in [0.25, 0.3) is 23.1 Å². The second-order valence-corrected chi connectivity index (χ2v) is 9.06. The number of H-pyrrole nitrogens is 1. The number of carbonyl (C=O) groups is 1. The van der Waals surface area contributed by atoms with E-state index in [9.17, 15) is 4.79 Å². The topological polar surface area (TPSA) is 70.7 Å². The van der Waals surface area contributed by atoms with Gasteiger partial charge in [-0.15, -0.1) is 11.3 Å². The van der Waals surface area contributed by atoms with Gasteiger partial charge in [0.15, 0.2) is 5.78 Å². The third-order valence-electron chi connectivity index (χ3n) is 5.33. The number of thiazole rings is 1. The maximum absolute atomic E-state index is 13.2. The summed E-state index contributed by atoms with van der Waals surface area (Å²) in [7, 11) is 0. The minimum atomic E-state index is -0.0263. The van der Waals surface area contributed by atoms with Crippen LogP contribution in [0.1, 0.15) is 37.1 Å². The lowest BCUT2D eigenvalue weighted by molar-refractivity contribution is 0.103. The number of aryl methyl sites for hydroxylation is 1. The summed E-state index contributed by atoms with van der Waals surface area (Å²) in [5, 5.41) is 12.8. The maximum atomic E-state index is 13.2. The minimum Gasteiger partial charge on any atom is -0.379 e. The zero-order valence-electron chi connectivity index (χ0n) is 18.1. The third kappa shape index (κ3) is 4.76. The lowest BCUT2D eigenvalue weighted by Crippen LogP contribution is -2.04. The highest BCUT2D eigenvalue weighted by Gasteiger charge is 2.12. The van der Waals surface area contributed by atoms with E-state index >= 15 is 0 Å². The minimum absolute atomic E-state index is 0.0263. The number of aromatic nitrogens is 3. The van der Waals surface area contributed by atoms with E-state index in [2.05, 4.69) is 20.5 Å². The van der Waals surface area contributed by atoms with Gasteiger partial charge in [0.2, 0.25) is 0 Å². The monoisotopic (exact) mass is 450 g/mol. The first kappa shape index (κ1) is 20.8. The Morgan fingerprint density at radius 1 is 1.00 bits per heavy atom. The lowest BCUT2D eigenvalue weighted by Gasteiger charge is -2.07. The van der Waals surface area contributed by atoms with E-state index in [1.54, 1.807) is 11.3 Å². The Kier molecular flexibility index (Phi) is 5.83. The first-order valence-corrected chi connectivity index (χ1v) is 11.5. The average Bonchev–Trinajstić information content (AvgIpc) is 3.47. The van der Waals surface area contributed by atoms with Gasteiger partial charge < -0.3 is 5.32 Å². The van der Waals surface area contributed by atoms with Crippen molar-refractivity contribution in [1.29, 1.82) is 0 Å². The molecule has 5 aromatic rings. The molecule has 5 rings (SSSR count). The Bertz CT molecular complexity index is 1450. The second kappa shape index (κ2) is 9.22. The van der Waals surface area contributed by atoms with Gasteiger partial charge in [-0.1, -0.05) is 54.6 Å². The van der Waals surface area contributed by atoms with E-state index in [0.717, 1.165) is 32.9 Å². The molecule has 2 heterocycles. The van der Waals surface area contributed by atoms with Crippen molar-refractivity contribution in [2.45, 2.75) is 13.5 Å². The molecule has 0 aliphatic carbocycles. The fourth-order valence-corrected chi connectivity index (χ4v) is 4.37. The Balaban J connectivity index is 1.34. The summed E-state index contributed by atoms with van der Waals surface area (Å²) in [6.07, 6.45) is 5.88. The summed E-state index contributed by atoms with van der Waals surface area (Å²) in [6, 6.07) is 23.3. The number of nitrogens with one attached hydrogen (secondary N) is 2. The Morgan fingerprint density at radius 2 is 1.85 bits per heavy atom. The number of ketones is 1. The van der Waals surface area contributed by atoms with Crippen molar-refractivity contribution in [3.8, 4) is 0 Å². The lowest BCUT2D eigenvalue weighted by atomic mass is 10.0.